The first-order valence-corrected chi connectivity index (χ1v) is 9.65. The minimum absolute atomic E-state index is 0.0432. The lowest BCUT2D eigenvalue weighted by Gasteiger charge is -2.33. The van der Waals surface area contributed by atoms with E-state index in [-0.39, 0.29) is 11.8 Å². The normalized spacial score (nSPS) is 23.4. The number of rotatable bonds is 3. The number of carbonyl (C=O) groups is 1. The van der Waals surface area contributed by atoms with E-state index in [1.54, 1.807) is 6.07 Å². The van der Waals surface area contributed by atoms with Gasteiger partial charge in [0.2, 0.25) is 5.91 Å². The largest absolute Gasteiger partial charge is 0.354 e. The van der Waals surface area contributed by atoms with E-state index in [1.165, 1.54) is 32.1 Å². The molecule has 5 nitrogen and oxygen atoms in total. The molecule has 1 aromatic heterocycles. The monoisotopic (exact) mass is 350 g/mol. The minimum Gasteiger partial charge on any atom is -0.354 e. The molecule has 0 unspecified atom stereocenters. The Bertz CT molecular complexity index is 528. The van der Waals surface area contributed by atoms with Crippen molar-refractivity contribution in [2.24, 2.45) is 5.92 Å². The van der Waals surface area contributed by atoms with Crippen molar-refractivity contribution in [3.05, 3.63) is 17.3 Å². The zero-order chi connectivity index (χ0) is 16.8. The summed E-state index contributed by atoms with van der Waals surface area (Å²) in [5.74, 6) is 1.07. The molecule has 1 aliphatic heterocycles. The molecule has 3 rings (SSSR count). The Morgan fingerprint density at radius 3 is 2.50 bits per heavy atom. The quantitative estimate of drug-likeness (QED) is 0.905. The molecule has 2 fully saturated rings. The number of piperidine rings is 1. The Balaban J connectivity index is 1.55. The van der Waals surface area contributed by atoms with Crippen LogP contribution in [0.2, 0.25) is 5.15 Å². The number of anilines is 1. The summed E-state index contributed by atoms with van der Waals surface area (Å²) in [5.41, 5.74) is 0. The predicted octanol–water partition coefficient (Wildman–Crippen LogP) is 3.58. The zero-order valence-electron chi connectivity index (χ0n) is 14.2. The third kappa shape index (κ3) is 4.82. The first kappa shape index (κ1) is 17.5. The van der Waals surface area contributed by atoms with Crippen LogP contribution >= 0.6 is 11.6 Å². The van der Waals surface area contributed by atoms with Gasteiger partial charge in [-0.1, -0.05) is 43.7 Å². The molecule has 1 saturated carbocycles. The molecule has 132 valence electrons. The van der Waals surface area contributed by atoms with Gasteiger partial charge in [-0.25, -0.2) is 0 Å². The SMILES string of the molecule is O=C(NC1CCCCCCC1)[C@@H]1CCCN(c2ccc(Cl)nn2)C1. The Morgan fingerprint density at radius 1 is 1.04 bits per heavy atom. The number of carbonyl (C=O) groups excluding carboxylic acids is 1. The summed E-state index contributed by atoms with van der Waals surface area (Å²) in [5, 5.41) is 11.8. The molecule has 0 aromatic carbocycles. The second-order valence-corrected chi connectivity index (χ2v) is 7.44. The van der Waals surface area contributed by atoms with Crippen molar-refractivity contribution in [3.63, 3.8) is 0 Å². The average molecular weight is 351 g/mol. The van der Waals surface area contributed by atoms with Crippen LogP contribution < -0.4 is 10.2 Å². The molecule has 2 aliphatic rings. The van der Waals surface area contributed by atoms with Gasteiger partial charge in [-0.05, 0) is 37.8 Å². The molecular weight excluding hydrogens is 324 g/mol. The number of hydrogen-bond acceptors (Lipinski definition) is 4. The van der Waals surface area contributed by atoms with Crippen molar-refractivity contribution < 1.29 is 4.79 Å². The molecule has 24 heavy (non-hydrogen) atoms. The highest BCUT2D eigenvalue weighted by Crippen LogP contribution is 2.23. The maximum atomic E-state index is 12.7. The smallest absolute Gasteiger partial charge is 0.225 e. The van der Waals surface area contributed by atoms with E-state index in [2.05, 4.69) is 20.4 Å². The van der Waals surface area contributed by atoms with Gasteiger partial charge in [-0.2, -0.15) is 0 Å². The van der Waals surface area contributed by atoms with Gasteiger partial charge in [0.25, 0.3) is 0 Å². The molecule has 0 spiro atoms. The van der Waals surface area contributed by atoms with Gasteiger partial charge >= 0.3 is 0 Å². The molecule has 1 aliphatic carbocycles. The summed E-state index contributed by atoms with van der Waals surface area (Å²) in [6, 6.07) is 4.00. The van der Waals surface area contributed by atoms with Gasteiger partial charge in [0.05, 0.1) is 5.92 Å². The predicted molar refractivity (Wildman–Crippen MR) is 96.2 cm³/mol. The van der Waals surface area contributed by atoms with Crippen LogP contribution in [-0.4, -0.2) is 35.2 Å². The molecule has 1 aromatic rings. The summed E-state index contributed by atoms with van der Waals surface area (Å²) in [4.78, 5) is 14.8. The molecular formula is C18H27ClN4O. The summed E-state index contributed by atoms with van der Waals surface area (Å²) >= 11 is 5.81. The van der Waals surface area contributed by atoms with Crippen LogP contribution in [0, 0.1) is 5.92 Å². The summed E-state index contributed by atoms with van der Waals surface area (Å²) in [7, 11) is 0. The highest BCUT2D eigenvalue weighted by atomic mass is 35.5. The van der Waals surface area contributed by atoms with E-state index < -0.39 is 0 Å². The summed E-state index contributed by atoms with van der Waals surface area (Å²) in [6.45, 7) is 1.64. The Labute approximate surface area is 149 Å². The average Bonchev–Trinajstić information content (AvgIpc) is 2.58. The van der Waals surface area contributed by atoms with Crippen molar-refractivity contribution in [3.8, 4) is 0 Å². The van der Waals surface area contributed by atoms with E-state index in [0.717, 1.165) is 44.6 Å². The molecule has 1 amide bonds. The molecule has 0 radical (unpaired) electrons. The maximum Gasteiger partial charge on any atom is 0.225 e. The zero-order valence-corrected chi connectivity index (χ0v) is 15.0. The third-order valence-corrected chi connectivity index (χ3v) is 5.39. The van der Waals surface area contributed by atoms with Crippen LogP contribution in [-0.2, 0) is 4.79 Å². The van der Waals surface area contributed by atoms with E-state index in [0.29, 0.717) is 11.2 Å². The second kappa shape index (κ2) is 8.65. The Morgan fingerprint density at radius 2 is 1.79 bits per heavy atom. The fourth-order valence-electron chi connectivity index (χ4n) is 3.80. The van der Waals surface area contributed by atoms with Crippen LogP contribution in [0.25, 0.3) is 0 Å². The number of hydrogen-bond donors (Lipinski definition) is 1. The fraction of sp³-hybridized carbons (Fsp3) is 0.722. The van der Waals surface area contributed by atoms with Crippen LogP contribution in [0.3, 0.4) is 0 Å². The van der Waals surface area contributed by atoms with E-state index >= 15 is 0 Å². The lowest BCUT2D eigenvalue weighted by Crippen LogP contribution is -2.46. The second-order valence-electron chi connectivity index (χ2n) is 7.05. The standard InChI is InChI=1S/C18H27ClN4O/c19-16-10-11-17(22-21-16)23-12-6-7-14(13-23)18(24)20-15-8-4-2-1-3-5-9-15/h10-11,14-15H,1-9,12-13H2,(H,20,24)/t14-/m1/s1. The van der Waals surface area contributed by atoms with Gasteiger partial charge in [0.1, 0.15) is 0 Å². The van der Waals surface area contributed by atoms with E-state index in [1.807, 2.05) is 6.07 Å². The summed E-state index contributed by atoms with van der Waals surface area (Å²) in [6.07, 6.45) is 10.7. The van der Waals surface area contributed by atoms with Crippen molar-refractivity contribution in [1.29, 1.82) is 0 Å². The number of nitrogens with zero attached hydrogens (tertiary/aromatic N) is 3. The molecule has 6 heteroatoms. The molecule has 1 saturated heterocycles. The maximum absolute atomic E-state index is 12.7. The lowest BCUT2D eigenvalue weighted by atomic mass is 9.94. The fourth-order valence-corrected chi connectivity index (χ4v) is 3.90. The number of amides is 1. The summed E-state index contributed by atoms with van der Waals surface area (Å²) < 4.78 is 0. The number of aromatic nitrogens is 2. The topological polar surface area (TPSA) is 58.1 Å². The van der Waals surface area contributed by atoms with Crippen molar-refractivity contribution in [2.45, 2.75) is 63.8 Å². The number of nitrogens with one attached hydrogen (secondary N) is 1. The third-order valence-electron chi connectivity index (χ3n) is 5.19. The van der Waals surface area contributed by atoms with Crippen LogP contribution in [0.5, 0.6) is 0 Å². The van der Waals surface area contributed by atoms with Gasteiger partial charge < -0.3 is 10.2 Å². The van der Waals surface area contributed by atoms with Gasteiger partial charge in [0, 0.05) is 19.1 Å². The highest BCUT2D eigenvalue weighted by molar-refractivity contribution is 6.29. The molecule has 1 atom stereocenters. The first-order chi connectivity index (χ1) is 11.7. The molecule has 2 heterocycles. The molecule has 1 N–H and O–H groups in total. The van der Waals surface area contributed by atoms with Gasteiger partial charge in [0.15, 0.2) is 11.0 Å². The van der Waals surface area contributed by atoms with Crippen molar-refractivity contribution in [1.82, 2.24) is 15.5 Å². The van der Waals surface area contributed by atoms with Crippen LogP contribution in [0.4, 0.5) is 5.82 Å². The van der Waals surface area contributed by atoms with Crippen LogP contribution in [0.15, 0.2) is 12.1 Å². The van der Waals surface area contributed by atoms with Crippen molar-refractivity contribution in [2.75, 3.05) is 18.0 Å². The van der Waals surface area contributed by atoms with Gasteiger partial charge in [-0.15, -0.1) is 10.2 Å². The first-order valence-electron chi connectivity index (χ1n) is 9.27. The van der Waals surface area contributed by atoms with Crippen LogP contribution in [0.1, 0.15) is 57.8 Å². The lowest BCUT2D eigenvalue weighted by molar-refractivity contribution is -0.126. The van der Waals surface area contributed by atoms with E-state index in [4.69, 9.17) is 11.6 Å². The highest BCUT2D eigenvalue weighted by Gasteiger charge is 2.28. The minimum atomic E-state index is 0.0432. The molecule has 0 bridgehead atoms. The Kier molecular flexibility index (Phi) is 6.30. The van der Waals surface area contributed by atoms with Crippen molar-refractivity contribution >= 4 is 23.3 Å². The van der Waals surface area contributed by atoms with E-state index in [9.17, 15) is 4.79 Å². The number of halogens is 1. The Hall–Kier alpha value is -1.36. The van der Waals surface area contributed by atoms with Gasteiger partial charge in [-0.3, -0.25) is 4.79 Å².